The Balaban J connectivity index is 1.49. The highest BCUT2D eigenvalue weighted by Gasteiger charge is 2.25. The number of rotatable bonds is 19. The van der Waals surface area contributed by atoms with E-state index in [0.29, 0.717) is 70.5 Å². The molecule has 3 aromatic rings. The Morgan fingerprint density at radius 3 is 2.26 bits per heavy atom. The largest absolute Gasteiger partial charge is 0.477 e. The minimum Gasteiger partial charge on any atom is -0.477 e. The number of carboxylic acids is 1. The monoisotopic (exact) mass is 581 g/mol. The van der Waals surface area contributed by atoms with Gasteiger partial charge in [-0.05, 0) is 61.4 Å². The Morgan fingerprint density at radius 2 is 1.60 bits per heavy atom. The van der Waals surface area contributed by atoms with Gasteiger partial charge < -0.3 is 30.5 Å². The Morgan fingerprint density at radius 1 is 0.881 bits per heavy atom. The molecule has 1 unspecified atom stereocenters. The third-order valence-electron chi connectivity index (χ3n) is 6.81. The SMILES string of the molecule is Cc1cccc(C(c2ccc(N)cc2C)N(CCO)CCOCCOCCN(CCO)Cc2cccc(C(=O)O)n2)n1. The van der Waals surface area contributed by atoms with E-state index in [1.807, 2.05) is 55.1 Å². The zero-order chi connectivity index (χ0) is 30.3. The Hall–Kier alpha value is -3.45. The summed E-state index contributed by atoms with van der Waals surface area (Å²) in [6.45, 7) is 8.07. The molecule has 1 atom stereocenters. The standard InChI is InChI=1S/C31H43N5O6/c1-23-21-25(32)9-10-27(23)30(28-7-3-5-24(2)33-28)36(12-16-38)14-18-42-20-19-41-17-13-35(11-15-37)22-26-6-4-8-29(34-26)31(39)40/h3-10,21,30,37-38H,11-20,22,32H2,1-2H3,(H,39,40). The average molecular weight is 582 g/mol. The number of aromatic carboxylic acids is 1. The second-order valence-electron chi connectivity index (χ2n) is 10.0. The van der Waals surface area contributed by atoms with Crippen molar-refractivity contribution in [3.05, 3.63) is 88.5 Å². The summed E-state index contributed by atoms with van der Waals surface area (Å²) in [5.41, 5.74) is 11.3. The summed E-state index contributed by atoms with van der Waals surface area (Å²) >= 11 is 0. The van der Waals surface area contributed by atoms with Crippen molar-refractivity contribution in [2.45, 2.75) is 26.4 Å². The van der Waals surface area contributed by atoms with Crippen molar-refractivity contribution in [2.75, 3.05) is 71.6 Å². The van der Waals surface area contributed by atoms with E-state index in [4.69, 9.17) is 25.3 Å². The third-order valence-corrected chi connectivity index (χ3v) is 6.81. The van der Waals surface area contributed by atoms with Gasteiger partial charge in [0.2, 0.25) is 0 Å². The minimum atomic E-state index is -1.07. The number of hydrogen-bond donors (Lipinski definition) is 4. The second-order valence-corrected chi connectivity index (χ2v) is 10.0. The molecule has 228 valence electrons. The summed E-state index contributed by atoms with van der Waals surface area (Å²) in [4.78, 5) is 24.3. The molecule has 0 bridgehead atoms. The molecule has 0 spiro atoms. The van der Waals surface area contributed by atoms with E-state index in [1.54, 1.807) is 12.1 Å². The molecule has 1 aromatic carbocycles. The summed E-state index contributed by atoms with van der Waals surface area (Å²) in [7, 11) is 0. The van der Waals surface area contributed by atoms with Gasteiger partial charge in [-0.15, -0.1) is 0 Å². The lowest BCUT2D eigenvalue weighted by molar-refractivity contribution is 0.0245. The molecule has 0 saturated carbocycles. The number of carbonyl (C=O) groups is 1. The van der Waals surface area contributed by atoms with Crippen LogP contribution in [0.3, 0.4) is 0 Å². The van der Waals surface area contributed by atoms with E-state index in [-0.39, 0.29) is 24.9 Å². The number of nitrogens with zero attached hydrogens (tertiary/aromatic N) is 4. The molecular formula is C31H43N5O6. The van der Waals surface area contributed by atoms with Crippen LogP contribution in [-0.4, -0.2) is 107 Å². The highest BCUT2D eigenvalue weighted by molar-refractivity contribution is 5.85. The van der Waals surface area contributed by atoms with Crippen molar-refractivity contribution in [3.8, 4) is 0 Å². The van der Waals surface area contributed by atoms with Crippen LogP contribution in [0.4, 0.5) is 5.69 Å². The van der Waals surface area contributed by atoms with Crippen molar-refractivity contribution in [1.82, 2.24) is 19.8 Å². The number of anilines is 1. The Labute approximate surface area is 247 Å². The van der Waals surface area contributed by atoms with Crippen LogP contribution in [0, 0.1) is 13.8 Å². The van der Waals surface area contributed by atoms with Gasteiger partial charge in [-0.25, -0.2) is 9.78 Å². The summed E-state index contributed by atoms with van der Waals surface area (Å²) < 4.78 is 11.6. The van der Waals surface area contributed by atoms with Gasteiger partial charge in [0, 0.05) is 44.1 Å². The van der Waals surface area contributed by atoms with E-state index in [2.05, 4.69) is 9.88 Å². The molecule has 0 fully saturated rings. The Kier molecular flexibility index (Phi) is 13.8. The van der Waals surface area contributed by atoms with Crippen LogP contribution in [0.15, 0.2) is 54.6 Å². The fraction of sp³-hybridized carbons (Fsp3) is 0.452. The van der Waals surface area contributed by atoms with E-state index >= 15 is 0 Å². The smallest absolute Gasteiger partial charge is 0.354 e. The topological polar surface area (TPSA) is 154 Å². The number of aromatic nitrogens is 2. The van der Waals surface area contributed by atoms with Gasteiger partial charge in [0.1, 0.15) is 5.69 Å². The van der Waals surface area contributed by atoms with Crippen LogP contribution < -0.4 is 5.73 Å². The number of hydrogen-bond acceptors (Lipinski definition) is 10. The number of aliphatic hydroxyl groups is 2. The van der Waals surface area contributed by atoms with Gasteiger partial charge in [0.25, 0.3) is 0 Å². The summed E-state index contributed by atoms with van der Waals surface area (Å²) in [5.74, 6) is -1.07. The first-order valence-electron chi connectivity index (χ1n) is 14.1. The van der Waals surface area contributed by atoms with Crippen molar-refractivity contribution in [2.24, 2.45) is 0 Å². The molecule has 11 heteroatoms. The number of benzene rings is 1. The van der Waals surface area contributed by atoms with Gasteiger partial charge in [-0.1, -0.05) is 18.2 Å². The zero-order valence-electron chi connectivity index (χ0n) is 24.5. The highest BCUT2D eigenvalue weighted by Crippen LogP contribution is 2.30. The first-order valence-corrected chi connectivity index (χ1v) is 14.1. The zero-order valence-corrected chi connectivity index (χ0v) is 24.5. The van der Waals surface area contributed by atoms with Gasteiger partial charge in [0.05, 0.1) is 57.1 Å². The highest BCUT2D eigenvalue weighted by atomic mass is 16.5. The van der Waals surface area contributed by atoms with Gasteiger partial charge in [-0.2, -0.15) is 0 Å². The predicted octanol–water partition coefficient (Wildman–Crippen LogP) is 2.29. The molecule has 42 heavy (non-hydrogen) atoms. The lowest BCUT2D eigenvalue weighted by Crippen LogP contribution is -2.36. The lowest BCUT2D eigenvalue weighted by atomic mass is 9.96. The van der Waals surface area contributed by atoms with Gasteiger partial charge >= 0.3 is 5.97 Å². The fourth-order valence-corrected chi connectivity index (χ4v) is 4.79. The van der Waals surface area contributed by atoms with Gasteiger partial charge in [0.15, 0.2) is 0 Å². The van der Waals surface area contributed by atoms with Crippen molar-refractivity contribution < 1.29 is 29.6 Å². The number of ether oxygens (including phenoxy) is 2. The van der Waals surface area contributed by atoms with Crippen molar-refractivity contribution in [3.63, 3.8) is 0 Å². The fourth-order valence-electron chi connectivity index (χ4n) is 4.79. The molecule has 0 aliphatic rings. The van der Waals surface area contributed by atoms with Crippen LogP contribution in [0.1, 0.15) is 44.7 Å². The minimum absolute atomic E-state index is 0.0000909. The molecule has 0 aliphatic heterocycles. The molecular weight excluding hydrogens is 538 g/mol. The van der Waals surface area contributed by atoms with Crippen molar-refractivity contribution in [1.29, 1.82) is 0 Å². The number of nitrogen functional groups attached to an aromatic ring is 1. The lowest BCUT2D eigenvalue weighted by Gasteiger charge is -2.32. The second kappa shape index (κ2) is 17.5. The molecule has 0 aliphatic carbocycles. The number of aryl methyl sites for hydroxylation is 2. The normalized spacial score (nSPS) is 12.2. The van der Waals surface area contributed by atoms with E-state index in [0.717, 1.165) is 22.5 Å². The molecule has 2 heterocycles. The first kappa shape index (κ1) is 33.1. The molecule has 0 saturated heterocycles. The van der Waals surface area contributed by atoms with Crippen LogP contribution in [-0.2, 0) is 16.0 Å². The number of carboxylic acid groups (broad SMARTS) is 1. The molecule has 0 radical (unpaired) electrons. The average Bonchev–Trinajstić information content (AvgIpc) is 2.96. The maximum absolute atomic E-state index is 11.2. The molecule has 11 nitrogen and oxygen atoms in total. The van der Waals surface area contributed by atoms with E-state index in [1.165, 1.54) is 6.07 Å². The van der Waals surface area contributed by atoms with E-state index < -0.39 is 5.97 Å². The summed E-state index contributed by atoms with van der Waals surface area (Å²) in [6, 6.07) is 16.5. The van der Waals surface area contributed by atoms with Crippen molar-refractivity contribution >= 4 is 11.7 Å². The molecule has 2 aromatic heterocycles. The van der Waals surface area contributed by atoms with Crippen LogP contribution in [0.25, 0.3) is 0 Å². The van der Waals surface area contributed by atoms with Crippen LogP contribution in [0.2, 0.25) is 0 Å². The summed E-state index contributed by atoms with van der Waals surface area (Å²) in [5, 5.41) is 28.4. The predicted molar refractivity (Wildman–Crippen MR) is 160 cm³/mol. The quantitative estimate of drug-likeness (QED) is 0.122. The van der Waals surface area contributed by atoms with Crippen LogP contribution in [0.5, 0.6) is 0 Å². The number of aliphatic hydroxyl groups excluding tert-OH is 2. The number of pyridine rings is 2. The molecule has 0 amide bonds. The molecule has 5 N–H and O–H groups in total. The first-order chi connectivity index (χ1) is 20.3. The van der Waals surface area contributed by atoms with Gasteiger partial charge in [-0.3, -0.25) is 14.8 Å². The summed E-state index contributed by atoms with van der Waals surface area (Å²) in [6.07, 6.45) is 0. The maximum Gasteiger partial charge on any atom is 0.354 e. The Bertz CT molecular complexity index is 1260. The molecule has 3 rings (SSSR count). The number of nitrogens with two attached hydrogens (primary N) is 1. The van der Waals surface area contributed by atoms with Crippen LogP contribution >= 0.6 is 0 Å². The maximum atomic E-state index is 11.2. The third kappa shape index (κ3) is 10.4. The van der Waals surface area contributed by atoms with E-state index in [9.17, 15) is 15.0 Å².